The SMILES string of the molecule is Cc1nc2cccnc2n1-c1cc(N)ccc1F. The number of imidazole rings is 1. The summed E-state index contributed by atoms with van der Waals surface area (Å²) in [6.45, 7) is 1.81. The number of benzene rings is 1. The van der Waals surface area contributed by atoms with Crippen LogP contribution >= 0.6 is 0 Å². The highest BCUT2D eigenvalue weighted by atomic mass is 19.1. The molecule has 0 aliphatic rings. The lowest BCUT2D eigenvalue weighted by Gasteiger charge is -2.08. The van der Waals surface area contributed by atoms with Crippen LogP contribution in [-0.4, -0.2) is 14.5 Å². The van der Waals surface area contributed by atoms with Gasteiger partial charge in [0.15, 0.2) is 5.65 Å². The molecule has 2 aromatic heterocycles. The molecule has 0 fully saturated rings. The molecule has 90 valence electrons. The number of fused-ring (bicyclic) bond motifs is 1. The monoisotopic (exact) mass is 242 g/mol. The second-order valence-electron chi connectivity index (χ2n) is 4.05. The Morgan fingerprint density at radius 1 is 1.28 bits per heavy atom. The van der Waals surface area contributed by atoms with Gasteiger partial charge in [-0.25, -0.2) is 14.4 Å². The zero-order chi connectivity index (χ0) is 12.7. The predicted octanol–water partition coefficient (Wildman–Crippen LogP) is 2.45. The lowest BCUT2D eigenvalue weighted by atomic mass is 10.2. The number of rotatable bonds is 1. The molecule has 0 amide bonds. The van der Waals surface area contributed by atoms with Crippen molar-refractivity contribution in [1.29, 1.82) is 0 Å². The fourth-order valence-corrected chi connectivity index (χ4v) is 2.02. The van der Waals surface area contributed by atoms with E-state index in [1.807, 2.05) is 13.0 Å². The van der Waals surface area contributed by atoms with E-state index in [4.69, 9.17) is 5.73 Å². The van der Waals surface area contributed by atoms with Gasteiger partial charge in [0.2, 0.25) is 0 Å². The van der Waals surface area contributed by atoms with Crippen LogP contribution in [0.3, 0.4) is 0 Å². The highest BCUT2D eigenvalue weighted by molar-refractivity contribution is 5.74. The topological polar surface area (TPSA) is 56.7 Å². The summed E-state index contributed by atoms with van der Waals surface area (Å²) in [5.41, 5.74) is 7.94. The van der Waals surface area contributed by atoms with Crippen LogP contribution in [0.4, 0.5) is 10.1 Å². The van der Waals surface area contributed by atoms with Gasteiger partial charge in [0.1, 0.15) is 17.2 Å². The fraction of sp³-hybridized carbons (Fsp3) is 0.0769. The number of anilines is 1. The first-order valence-corrected chi connectivity index (χ1v) is 5.52. The van der Waals surface area contributed by atoms with Gasteiger partial charge in [-0.2, -0.15) is 0 Å². The second kappa shape index (κ2) is 3.80. The third kappa shape index (κ3) is 1.52. The van der Waals surface area contributed by atoms with Crippen LogP contribution < -0.4 is 5.73 Å². The number of halogens is 1. The lowest BCUT2D eigenvalue weighted by molar-refractivity contribution is 0.618. The number of nitrogens with two attached hydrogens (primary N) is 1. The summed E-state index contributed by atoms with van der Waals surface area (Å²) in [6, 6.07) is 8.10. The van der Waals surface area contributed by atoms with Crippen molar-refractivity contribution in [2.75, 3.05) is 5.73 Å². The van der Waals surface area contributed by atoms with Crippen LogP contribution in [0.25, 0.3) is 16.9 Å². The molecule has 3 rings (SSSR count). The molecule has 0 aliphatic carbocycles. The maximum atomic E-state index is 13.9. The van der Waals surface area contributed by atoms with E-state index in [2.05, 4.69) is 9.97 Å². The van der Waals surface area contributed by atoms with E-state index < -0.39 is 0 Å². The van der Waals surface area contributed by atoms with Crippen LogP contribution in [0, 0.1) is 12.7 Å². The van der Waals surface area contributed by atoms with Crippen LogP contribution in [0.1, 0.15) is 5.82 Å². The molecular formula is C13H11FN4. The van der Waals surface area contributed by atoms with Crippen molar-refractivity contribution in [2.45, 2.75) is 6.92 Å². The maximum Gasteiger partial charge on any atom is 0.164 e. The van der Waals surface area contributed by atoms with E-state index in [9.17, 15) is 4.39 Å². The molecule has 0 saturated heterocycles. The van der Waals surface area contributed by atoms with Gasteiger partial charge in [0, 0.05) is 11.9 Å². The Hall–Kier alpha value is -2.43. The molecule has 1 aromatic carbocycles. The Kier molecular flexibility index (Phi) is 2.26. The molecule has 3 aromatic rings. The molecule has 2 N–H and O–H groups in total. The summed E-state index contributed by atoms with van der Waals surface area (Å²) < 4.78 is 15.6. The van der Waals surface area contributed by atoms with Gasteiger partial charge in [0.25, 0.3) is 0 Å². The highest BCUT2D eigenvalue weighted by Crippen LogP contribution is 2.23. The maximum absolute atomic E-state index is 13.9. The van der Waals surface area contributed by atoms with Gasteiger partial charge in [-0.15, -0.1) is 0 Å². The van der Waals surface area contributed by atoms with Crippen LogP contribution in [0.2, 0.25) is 0 Å². The third-order valence-electron chi connectivity index (χ3n) is 2.79. The standard InChI is InChI=1S/C13H11FN4/c1-8-17-11-3-2-6-16-13(11)18(8)12-7-9(15)4-5-10(12)14/h2-7H,15H2,1H3. The van der Waals surface area contributed by atoms with E-state index in [-0.39, 0.29) is 5.82 Å². The van der Waals surface area contributed by atoms with Crippen LogP contribution in [-0.2, 0) is 0 Å². The van der Waals surface area contributed by atoms with E-state index >= 15 is 0 Å². The van der Waals surface area contributed by atoms with E-state index in [0.717, 1.165) is 5.52 Å². The fourth-order valence-electron chi connectivity index (χ4n) is 2.02. The number of aromatic nitrogens is 3. The Bertz CT molecular complexity index is 733. The molecule has 0 unspecified atom stereocenters. The number of aryl methyl sites for hydroxylation is 1. The summed E-state index contributed by atoms with van der Waals surface area (Å²) >= 11 is 0. The van der Waals surface area contributed by atoms with Gasteiger partial charge >= 0.3 is 0 Å². The minimum Gasteiger partial charge on any atom is -0.399 e. The van der Waals surface area contributed by atoms with E-state index in [1.165, 1.54) is 12.1 Å². The summed E-state index contributed by atoms with van der Waals surface area (Å²) in [7, 11) is 0. The third-order valence-corrected chi connectivity index (χ3v) is 2.79. The average Bonchev–Trinajstić information content (AvgIpc) is 2.68. The first-order chi connectivity index (χ1) is 8.66. The number of nitrogen functional groups attached to an aromatic ring is 1. The largest absolute Gasteiger partial charge is 0.399 e. The zero-order valence-electron chi connectivity index (χ0n) is 9.76. The number of hydrogen-bond acceptors (Lipinski definition) is 3. The van der Waals surface area contributed by atoms with Gasteiger partial charge in [-0.05, 0) is 37.3 Å². The molecule has 0 saturated carbocycles. The quantitative estimate of drug-likeness (QED) is 0.667. The summed E-state index contributed by atoms with van der Waals surface area (Å²) in [5.74, 6) is 0.324. The molecule has 18 heavy (non-hydrogen) atoms. The molecule has 0 bridgehead atoms. The van der Waals surface area contributed by atoms with Gasteiger partial charge in [0.05, 0.1) is 5.69 Å². The van der Waals surface area contributed by atoms with E-state index in [0.29, 0.717) is 22.8 Å². The molecule has 4 nitrogen and oxygen atoms in total. The van der Waals surface area contributed by atoms with Crippen LogP contribution in [0.5, 0.6) is 0 Å². The number of nitrogens with zero attached hydrogens (tertiary/aromatic N) is 3. The summed E-state index contributed by atoms with van der Waals surface area (Å²) in [6.07, 6.45) is 1.66. The lowest BCUT2D eigenvalue weighted by Crippen LogP contribution is -2.02. The Morgan fingerprint density at radius 2 is 2.11 bits per heavy atom. The normalized spacial score (nSPS) is 11.0. The molecule has 2 heterocycles. The first-order valence-electron chi connectivity index (χ1n) is 5.52. The molecule has 0 radical (unpaired) electrons. The Balaban J connectivity index is 2.37. The average molecular weight is 242 g/mol. The van der Waals surface area contributed by atoms with E-state index in [1.54, 1.807) is 22.9 Å². The van der Waals surface area contributed by atoms with Crippen molar-refractivity contribution in [3.8, 4) is 5.69 Å². The van der Waals surface area contributed by atoms with Crippen molar-refractivity contribution in [3.63, 3.8) is 0 Å². The van der Waals surface area contributed by atoms with Gasteiger partial charge < -0.3 is 5.73 Å². The van der Waals surface area contributed by atoms with Crippen molar-refractivity contribution in [1.82, 2.24) is 14.5 Å². The summed E-state index contributed by atoms with van der Waals surface area (Å²) in [4.78, 5) is 8.60. The smallest absolute Gasteiger partial charge is 0.164 e. The molecule has 0 spiro atoms. The summed E-state index contributed by atoms with van der Waals surface area (Å²) in [5, 5.41) is 0. The number of pyridine rings is 1. The second-order valence-corrected chi connectivity index (χ2v) is 4.05. The molecular weight excluding hydrogens is 231 g/mol. The number of hydrogen-bond donors (Lipinski definition) is 1. The first kappa shape index (κ1) is 10.7. The van der Waals surface area contributed by atoms with Crippen molar-refractivity contribution < 1.29 is 4.39 Å². The van der Waals surface area contributed by atoms with Gasteiger partial charge in [-0.3, -0.25) is 4.57 Å². The van der Waals surface area contributed by atoms with Crippen molar-refractivity contribution in [2.24, 2.45) is 0 Å². The van der Waals surface area contributed by atoms with Crippen LogP contribution in [0.15, 0.2) is 36.5 Å². The molecule has 5 heteroatoms. The van der Waals surface area contributed by atoms with Crippen molar-refractivity contribution in [3.05, 3.63) is 48.2 Å². The molecule has 0 aliphatic heterocycles. The zero-order valence-corrected chi connectivity index (χ0v) is 9.76. The predicted molar refractivity (Wildman–Crippen MR) is 68.0 cm³/mol. The Labute approximate surface area is 103 Å². The van der Waals surface area contributed by atoms with Gasteiger partial charge in [-0.1, -0.05) is 0 Å². The highest BCUT2D eigenvalue weighted by Gasteiger charge is 2.13. The minimum atomic E-state index is -0.350. The van der Waals surface area contributed by atoms with Crippen molar-refractivity contribution >= 4 is 16.9 Å². The molecule has 0 atom stereocenters. The minimum absolute atomic E-state index is 0.350. The Morgan fingerprint density at radius 3 is 2.94 bits per heavy atom.